The van der Waals surface area contributed by atoms with Crippen LogP contribution in [0.3, 0.4) is 0 Å². The van der Waals surface area contributed by atoms with Gasteiger partial charge in [-0.15, -0.1) is 0 Å². The van der Waals surface area contributed by atoms with Crippen LogP contribution in [0.15, 0.2) is 24.3 Å². The van der Waals surface area contributed by atoms with Gasteiger partial charge in [0, 0.05) is 11.8 Å². The average Bonchev–Trinajstić information content (AvgIpc) is 2.61. The first-order valence-electron chi connectivity index (χ1n) is 6.55. The number of fused-ring (bicyclic) bond motifs is 1. The molecule has 0 bridgehead atoms. The van der Waals surface area contributed by atoms with Crippen molar-refractivity contribution in [1.82, 2.24) is 0 Å². The molecule has 1 aliphatic carbocycles. The van der Waals surface area contributed by atoms with E-state index in [9.17, 15) is 5.11 Å². The zero-order valence-corrected chi connectivity index (χ0v) is 11.4. The van der Waals surface area contributed by atoms with E-state index in [1.165, 1.54) is 5.56 Å². The molecule has 1 aliphatic rings. The lowest BCUT2D eigenvalue weighted by Crippen LogP contribution is -2.39. The fraction of sp³-hybridized carbons (Fsp3) is 0.562. The maximum Gasteiger partial charge on any atom is 0.0857 e. The van der Waals surface area contributed by atoms with E-state index < -0.39 is 6.10 Å². The van der Waals surface area contributed by atoms with Crippen LogP contribution in [0.5, 0.6) is 0 Å². The van der Waals surface area contributed by atoms with Gasteiger partial charge < -0.3 is 5.11 Å². The molecule has 0 fully saturated rings. The molecule has 1 N–H and O–H groups in total. The predicted octanol–water partition coefficient (Wildman–Crippen LogP) is 3.61. The first-order valence-corrected chi connectivity index (χ1v) is 6.55. The molecule has 1 aromatic rings. The van der Waals surface area contributed by atoms with Gasteiger partial charge in [0.15, 0.2) is 0 Å². The molecule has 2 heteroatoms. The molecule has 2 atom stereocenters. The van der Waals surface area contributed by atoms with Crippen molar-refractivity contribution in [3.05, 3.63) is 35.4 Å². The maximum atomic E-state index is 10.7. The average molecular weight is 243 g/mol. The molecule has 18 heavy (non-hydrogen) atoms. The van der Waals surface area contributed by atoms with E-state index >= 15 is 0 Å². The maximum absolute atomic E-state index is 10.7. The smallest absolute Gasteiger partial charge is 0.0857 e. The van der Waals surface area contributed by atoms with Crippen LogP contribution in [-0.4, -0.2) is 5.11 Å². The van der Waals surface area contributed by atoms with Crippen molar-refractivity contribution >= 4 is 0 Å². The highest BCUT2D eigenvalue weighted by molar-refractivity contribution is 5.38. The van der Waals surface area contributed by atoms with E-state index in [0.717, 1.165) is 18.4 Å². The van der Waals surface area contributed by atoms with E-state index in [0.29, 0.717) is 6.42 Å². The first-order chi connectivity index (χ1) is 8.42. The summed E-state index contributed by atoms with van der Waals surface area (Å²) in [5.41, 5.74) is 2.04. The number of nitrogens with zero attached hydrogens (tertiary/aromatic N) is 1. The van der Waals surface area contributed by atoms with E-state index in [4.69, 9.17) is 5.26 Å². The Morgan fingerprint density at radius 1 is 1.39 bits per heavy atom. The quantitative estimate of drug-likeness (QED) is 0.862. The Kier molecular flexibility index (Phi) is 3.21. The zero-order valence-electron chi connectivity index (χ0n) is 11.4. The van der Waals surface area contributed by atoms with Crippen molar-refractivity contribution in [2.24, 2.45) is 10.8 Å². The molecular formula is C16H21NO. The van der Waals surface area contributed by atoms with Crippen molar-refractivity contribution < 1.29 is 5.11 Å². The minimum absolute atomic E-state index is 0.0255. The summed E-state index contributed by atoms with van der Waals surface area (Å²) in [5, 5.41) is 19.6. The molecule has 0 amide bonds. The SMILES string of the molecule is CC(C)(C)C1(CCC#N)Cc2ccccc2C1O. The Bertz CT molecular complexity index is 481. The van der Waals surface area contributed by atoms with Gasteiger partial charge in [-0.25, -0.2) is 0 Å². The zero-order chi connectivity index (χ0) is 13.4. The summed E-state index contributed by atoms with van der Waals surface area (Å²) in [7, 11) is 0. The van der Waals surface area contributed by atoms with Gasteiger partial charge in [0.25, 0.3) is 0 Å². The van der Waals surface area contributed by atoms with Crippen molar-refractivity contribution in [3.63, 3.8) is 0 Å². The minimum atomic E-state index is -0.456. The highest BCUT2D eigenvalue weighted by atomic mass is 16.3. The van der Waals surface area contributed by atoms with Gasteiger partial charge in [-0.1, -0.05) is 45.0 Å². The van der Waals surface area contributed by atoms with Crippen LogP contribution in [0.1, 0.15) is 50.8 Å². The van der Waals surface area contributed by atoms with Crippen LogP contribution >= 0.6 is 0 Å². The largest absolute Gasteiger partial charge is 0.388 e. The highest BCUT2D eigenvalue weighted by Gasteiger charge is 2.51. The Morgan fingerprint density at radius 2 is 2.06 bits per heavy atom. The third kappa shape index (κ3) is 1.83. The molecule has 96 valence electrons. The summed E-state index contributed by atoms with van der Waals surface area (Å²) in [6.07, 6.45) is 1.67. The lowest BCUT2D eigenvalue weighted by atomic mass is 9.61. The number of hydrogen-bond donors (Lipinski definition) is 1. The number of rotatable bonds is 2. The predicted molar refractivity (Wildman–Crippen MR) is 71.8 cm³/mol. The second-order valence-corrected chi connectivity index (χ2v) is 6.34. The van der Waals surface area contributed by atoms with Crippen LogP contribution in [0, 0.1) is 22.2 Å². The minimum Gasteiger partial charge on any atom is -0.388 e. The van der Waals surface area contributed by atoms with Crippen LogP contribution in [0.4, 0.5) is 0 Å². The summed E-state index contributed by atoms with van der Waals surface area (Å²) < 4.78 is 0. The summed E-state index contributed by atoms with van der Waals surface area (Å²) >= 11 is 0. The number of nitriles is 1. The number of aliphatic hydroxyl groups excluding tert-OH is 1. The van der Waals surface area contributed by atoms with Crippen molar-refractivity contribution in [2.45, 2.75) is 46.1 Å². The Hall–Kier alpha value is -1.33. The monoisotopic (exact) mass is 243 g/mol. The van der Waals surface area contributed by atoms with Crippen LogP contribution < -0.4 is 0 Å². The normalized spacial score (nSPS) is 26.7. The Morgan fingerprint density at radius 3 is 2.61 bits per heavy atom. The standard InChI is InChI=1S/C16H21NO/c1-15(2,3)16(9-6-10-17)11-12-7-4-5-8-13(12)14(16)18/h4-5,7-8,14,18H,6,9,11H2,1-3H3. The van der Waals surface area contributed by atoms with Crippen molar-refractivity contribution in [3.8, 4) is 6.07 Å². The molecule has 0 aromatic heterocycles. The molecule has 0 spiro atoms. The highest BCUT2D eigenvalue weighted by Crippen LogP contribution is 2.58. The lowest BCUT2D eigenvalue weighted by Gasteiger charge is -2.44. The molecule has 2 nitrogen and oxygen atoms in total. The van der Waals surface area contributed by atoms with Gasteiger partial charge in [-0.3, -0.25) is 0 Å². The van der Waals surface area contributed by atoms with Crippen LogP contribution in [0.25, 0.3) is 0 Å². The van der Waals surface area contributed by atoms with Gasteiger partial charge in [-0.05, 0) is 29.4 Å². The molecule has 0 heterocycles. The summed E-state index contributed by atoms with van der Waals surface area (Å²) in [6.45, 7) is 6.50. The third-order valence-electron chi connectivity index (χ3n) is 4.56. The fourth-order valence-corrected chi connectivity index (χ4v) is 3.25. The third-order valence-corrected chi connectivity index (χ3v) is 4.56. The topological polar surface area (TPSA) is 44.0 Å². The van der Waals surface area contributed by atoms with Gasteiger partial charge in [0.2, 0.25) is 0 Å². The van der Waals surface area contributed by atoms with Crippen LogP contribution in [-0.2, 0) is 6.42 Å². The van der Waals surface area contributed by atoms with Gasteiger partial charge in [0.05, 0.1) is 12.2 Å². The first kappa shape index (κ1) is 13.1. The molecule has 2 rings (SSSR count). The molecule has 0 saturated carbocycles. The molecular weight excluding hydrogens is 222 g/mol. The summed E-state index contributed by atoms with van der Waals surface area (Å²) in [4.78, 5) is 0. The summed E-state index contributed by atoms with van der Waals surface area (Å²) in [6, 6.07) is 10.3. The number of aliphatic hydroxyl groups is 1. The Balaban J connectivity index is 2.44. The van der Waals surface area contributed by atoms with E-state index in [-0.39, 0.29) is 10.8 Å². The second-order valence-electron chi connectivity index (χ2n) is 6.34. The second kappa shape index (κ2) is 4.40. The molecule has 1 aromatic carbocycles. The van der Waals surface area contributed by atoms with Gasteiger partial charge in [-0.2, -0.15) is 5.26 Å². The van der Waals surface area contributed by atoms with Crippen molar-refractivity contribution in [1.29, 1.82) is 5.26 Å². The lowest BCUT2D eigenvalue weighted by molar-refractivity contribution is -0.0493. The Labute approximate surface area is 109 Å². The van der Waals surface area contributed by atoms with Crippen molar-refractivity contribution in [2.75, 3.05) is 0 Å². The van der Waals surface area contributed by atoms with Crippen LogP contribution in [0.2, 0.25) is 0 Å². The number of hydrogen-bond acceptors (Lipinski definition) is 2. The molecule has 2 unspecified atom stereocenters. The molecule has 0 saturated heterocycles. The van der Waals surface area contributed by atoms with Gasteiger partial charge in [0.1, 0.15) is 0 Å². The number of benzene rings is 1. The van der Waals surface area contributed by atoms with E-state index in [1.807, 2.05) is 18.2 Å². The summed E-state index contributed by atoms with van der Waals surface area (Å²) in [5.74, 6) is 0. The van der Waals surface area contributed by atoms with E-state index in [1.54, 1.807) is 0 Å². The molecule has 0 radical (unpaired) electrons. The molecule has 0 aliphatic heterocycles. The van der Waals surface area contributed by atoms with E-state index in [2.05, 4.69) is 32.9 Å². The van der Waals surface area contributed by atoms with Gasteiger partial charge >= 0.3 is 0 Å². The fourth-order valence-electron chi connectivity index (χ4n) is 3.25.